The van der Waals surface area contributed by atoms with E-state index in [1.165, 1.54) is 0 Å². The molecule has 0 aromatic carbocycles. The molecule has 0 heterocycles. The number of amides is 1. The number of carboxylic acids is 1. The van der Waals surface area contributed by atoms with Gasteiger partial charge in [0.25, 0.3) is 0 Å². The van der Waals surface area contributed by atoms with E-state index < -0.39 is 11.4 Å². The number of hydrogen-bond donors (Lipinski definition) is 2. The Hall–Kier alpha value is -1.06. The molecule has 1 amide bonds. The van der Waals surface area contributed by atoms with E-state index in [0.29, 0.717) is 0 Å². The lowest BCUT2D eigenvalue weighted by Gasteiger charge is -2.28. The Morgan fingerprint density at radius 1 is 1.31 bits per heavy atom. The van der Waals surface area contributed by atoms with Gasteiger partial charge >= 0.3 is 5.97 Å². The average molecular weight is 229 g/mol. The SMILES string of the molecule is CCC(C)NC(=O)CC(C)(C(=O)O)C(C)C. The molecule has 0 spiro atoms. The maximum absolute atomic E-state index is 11.7. The van der Waals surface area contributed by atoms with Gasteiger partial charge in [0.2, 0.25) is 5.91 Å². The van der Waals surface area contributed by atoms with E-state index in [9.17, 15) is 9.59 Å². The molecule has 0 aliphatic rings. The van der Waals surface area contributed by atoms with Crippen molar-refractivity contribution in [3.8, 4) is 0 Å². The zero-order valence-electron chi connectivity index (χ0n) is 10.8. The van der Waals surface area contributed by atoms with Crippen LogP contribution in [0.4, 0.5) is 0 Å². The summed E-state index contributed by atoms with van der Waals surface area (Å²) < 4.78 is 0. The predicted molar refractivity (Wildman–Crippen MR) is 63.1 cm³/mol. The van der Waals surface area contributed by atoms with E-state index in [-0.39, 0.29) is 24.3 Å². The van der Waals surface area contributed by atoms with Crippen LogP contribution in [0.2, 0.25) is 0 Å². The van der Waals surface area contributed by atoms with Crippen molar-refractivity contribution in [1.82, 2.24) is 5.32 Å². The van der Waals surface area contributed by atoms with Crippen LogP contribution in [0.3, 0.4) is 0 Å². The lowest BCUT2D eigenvalue weighted by atomic mass is 9.76. The van der Waals surface area contributed by atoms with Crippen LogP contribution in [0.5, 0.6) is 0 Å². The van der Waals surface area contributed by atoms with Gasteiger partial charge < -0.3 is 10.4 Å². The molecule has 2 unspecified atom stereocenters. The van der Waals surface area contributed by atoms with Gasteiger partial charge in [-0.3, -0.25) is 9.59 Å². The molecule has 0 saturated carbocycles. The third-order valence-corrected chi connectivity index (χ3v) is 3.31. The number of aliphatic carboxylic acids is 1. The van der Waals surface area contributed by atoms with Crippen LogP contribution >= 0.6 is 0 Å². The molecule has 0 saturated heterocycles. The lowest BCUT2D eigenvalue weighted by Crippen LogP contribution is -2.41. The number of carbonyl (C=O) groups excluding carboxylic acids is 1. The molecule has 0 radical (unpaired) electrons. The second kappa shape index (κ2) is 5.87. The van der Waals surface area contributed by atoms with E-state index in [1.54, 1.807) is 6.92 Å². The highest BCUT2D eigenvalue weighted by atomic mass is 16.4. The molecule has 0 aromatic rings. The van der Waals surface area contributed by atoms with Crippen LogP contribution in [-0.2, 0) is 9.59 Å². The summed E-state index contributed by atoms with van der Waals surface area (Å²) in [6, 6.07) is 0.0951. The summed E-state index contributed by atoms with van der Waals surface area (Å²) >= 11 is 0. The average Bonchev–Trinajstić information content (AvgIpc) is 2.16. The van der Waals surface area contributed by atoms with Crippen molar-refractivity contribution in [3.05, 3.63) is 0 Å². The van der Waals surface area contributed by atoms with Crippen LogP contribution in [0, 0.1) is 11.3 Å². The van der Waals surface area contributed by atoms with Crippen LogP contribution in [-0.4, -0.2) is 23.0 Å². The second-order valence-corrected chi connectivity index (χ2v) is 4.93. The summed E-state index contributed by atoms with van der Waals surface area (Å²) in [6.45, 7) is 9.15. The second-order valence-electron chi connectivity index (χ2n) is 4.93. The van der Waals surface area contributed by atoms with Gasteiger partial charge in [-0.2, -0.15) is 0 Å². The molecule has 0 aliphatic carbocycles. The fraction of sp³-hybridized carbons (Fsp3) is 0.833. The van der Waals surface area contributed by atoms with Gasteiger partial charge in [0.05, 0.1) is 5.41 Å². The first-order chi connectivity index (χ1) is 7.24. The third kappa shape index (κ3) is 3.83. The Labute approximate surface area is 97.4 Å². The largest absolute Gasteiger partial charge is 0.481 e. The molecular weight excluding hydrogens is 206 g/mol. The quantitative estimate of drug-likeness (QED) is 0.732. The van der Waals surface area contributed by atoms with Crippen LogP contribution in [0.1, 0.15) is 47.5 Å². The van der Waals surface area contributed by atoms with Crippen molar-refractivity contribution in [2.75, 3.05) is 0 Å². The van der Waals surface area contributed by atoms with Gasteiger partial charge in [-0.1, -0.05) is 20.8 Å². The molecule has 0 aromatic heterocycles. The van der Waals surface area contributed by atoms with Crippen molar-refractivity contribution in [1.29, 1.82) is 0 Å². The minimum atomic E-state index is -0.989. The zero-order valence-corrected chi connectivity index (χ0v) is 10.8. The summed E-state index contributed by atoms with van der Waals surface area (Å²) in [7, 11) is 0. The molecule has 4 heteroatoms. The molecule has 4 nitrogen and oxygen atoms in total. The standard InChI is InChI=1S/C12H23NO3/c1-6-9(4)13-10(14)7-12(5,8(2)3)11(15)16/h8-9H,6-7H2,1-5H3,(H,13,14)(H,15,16). The minimum Gasteiger partial charge on any atom is -0.481 e. The predicted octanol–water partition coefficient (Wildman–Crippen LogP) is 2.04. The van der Waals surface area contributed by atoms with Gasteiger partial charge in [-0.25, -0.2) is 0 Å². The van der Waals surface area contributed by atoms with Crippen molar-refractivity contribution in [2.45, 2.75) is 53.5 Å². The van der Waals surface area contributed by atoms with Crippen molar-refractivity contribution < 1.29 is 14.7 Å². The maximum Gasteiger partial charge on any atom is 0.310 e. The van der Waals surface area contributed by atoms with Crippen LogP contribution in [0.15, 0.2) is 0 Å². The van der Waals surface area contributed by atoms with E-state index >= 15 is 0 Å². The molecule has 0 aliphatic heterocycles. The van der Waals surface area contributed by atoms with Crippen LogP contribution in [0.25, 0.3) is 0 Å². The highest BCUT2D eigenvalue weighted by molar-refractivity contribution is 5.85. The molecule has 16 heavy (non-hydrogen) atoms. The topological polar surface area (TPSA) is 66.4 Å². The molecule has 94 valence electrons. The Morgan fingerprint density at radius 3 is 2.12 bits per heavy atom. The molecule has 0 fully saturated rings. The summed E-state index contributed by atoms with van der Waals surface area (Å²) in [4.78, 5) is 22.8. The number of hydrogen-bond acceptors (Lipinski definition) is 2. The fourth-order valence-corrected chi connectivity index (χ4v) is 1.29. The lowest BCUT2D eigenvalue weighted by molar-refractivity contribution is -0.153. The zero-order chi connectivity index (χ0) is 12.9. The molecule has 0 rings (SSSR count). The van der Waals surface area contributed by atoms with Crippen molar-refractivity contribution >= 4 is 11.9 Å². The first-order valence-corrected chi connectivity index (χ1v) is 5.76. The summed E-state index contributed by atoms with van der Waals surface area (Å²) in [5.74, 6) is -1.18. The van der Waals surface area contributed by atoms with E-state index in [4.69, 9.17) is 5.11 Å². The van der Waals surface area contributed by atoms with Crippen molar-refractivity contribution in [3.63, 3.8) is 0 Å². The van der Waals surface area contributed by atoms with Crippen molar-refractivity contribution in [2.24, 2.45) is 11.3 Å². The van der Waals surface area contributed by atoms with E-state index in [1.807, 2.05) is 27.7 Å². The molecular formula is C12H23NO3. The summed E-state index contributed by atoms with van der Waals surface area (Å²) in [5.41, 5.74) is -0.989. The molecule has 2 N–H and O–H groups in total. The monoisotopic (exact) mass is 229 g/mol. The Bertz CT molecular complexity index is 263. The number of nitrogens with one attached hydrogen (secondary N) is 1. The first-order valence-electron chi connectivity index (χ1n) is 5.76. The normalized spacial score (nSPS) is 16.6. The van der Waals surface area contributed by atoms with E-state index in [2.05, 4.69) is 5.32 Å². The Balaban J connectivity index is 4.54. The number of carbonyl (C=O) groups is 2. The van der Waals surface area contributed by atoms with Gasteiger partial charge in [0.15, 0.2) is 0 Å². The fourth-order valence-electron chi connectivity index (χ4n) is 1.29. The smallest absolute Gasteiger partial charge is 0.310 e. The first kappa shape index (κ1) is 14.9. The summed E-state index contributed by atoms with van der Waals surface area (Å²) in [5, 5.41) is 12.0. The maximum atomic E-state index is 11.7. The molecule has 0 bridgehead atoms. The number of rotatable bonds is 6. The Kier molecular flexibility index (Phi) is 5.48. The van der Waals surface area contributed by atoms with Gasteiger partial charge in [-0.05, 0) is 26.2 Å². The minimum absolute atomic E-state index is 0.0321. The number of carboxylic acid groups (broad SMARTS) is 1. The Morgan fingerprint density at radius 2 is 1.81 bits per heavy atom. The van der Waals surface area contributed by atoms with Crippen LogP contribution < -0.4 is 5.32 Å². The van der Waals surface area contributed by atoms with Gasteiger partial charge in [0, 0.05) is 12.5 Å². The van der Waals surface area contributed by atoms with Gasteiger partial charge in [-0.15, -0.1) is 0 Å². The van der Waals surface area contributed by atoms with Gasteiger partial charge in [0.1, 0.15) is 0 Å². The summed E-state index contributed by atoms with van der Waals surface area (Å²) in [6.07, 6.45) is 0.877. The van der Waals surface area contributed by atoms with E-state index in [0.717, 1.165) is 6.42 Å². The highest BCUT2D eigenvalue weighted by Gasteiger charge is 2.38. The molecule has 2 atom stereocenters. The highest BCUT2D eigenvalue weighted by Crippen LogP contribution is 2.31. The third-order valence-electron chi connectivity index (χ3n) is 3.31.